The van der Waals surface area contributed by atoms with Crippen LogP contribution in [0.5, 0.6) is 5.75 Å². The molecule has 2 aliphatic rings. The van der Waals surface area contributed by atoms with Gasteiger partial charge in [-0.15, -0.1) is 0 Å². The molecule has 31 heavy (non-hydrogen) atoms. The first-order chi connectivity index (χ1) is 14.8. The standard InChI is InChI=1S/C23H25F3N2O3/c1-27-11-9-23(10-12-27)20(13-15-3-5-16(24)6-4-15)28(22(29)31-23)21(26)18-8-7-17(30-2)14-19(18)25/h3-8,14,20-21H,9-13H2,1-2H3. The average Bonchev–Trinajstić information content (AvgIpc) is 3.02. The molecule has 4 rings (SSSR count). The van der Waals surface area contributed by atoms with Gasteiger partial charge in [0.25, 0.3) is 0 Å². The van der Waals surface area contributed by atoms with Crippen LogP contribution in [0.2, 0.25) is 0 Å². The first-order valence-electron chi connectivity index (χ1n) is 10.2. The average molecular weight is 434 g/mol. The maximum atomic E-state index is 15.7. The fourth-order valence-electron chi connectivity index (χ4n) is 4.46. The number of likely N-dealkylation sites (tertiary alicyclic amines) is 1. The zero-order valence-electron chi connectivity index (χ0n) is 17.5. The third-order valence-corrected chi connectivity index (χ3v) is 6.33. The van der Waals surface area contributed by atoms with Gasteiger partial charge in [-0.05, 0) is 43.3 Å². The molecule has 5 nitrogen and oxygen atoms in total. The Morgan fingerprint density at radius 1 is 1.16 bits per heavy atom. The number of amides is 1. The van der Waals surface area contributed by atoms with E-state index in [-0.39, 0.29) is 23.6 Å². The highest BCUT2D eigenvalue weighted by atomic mass is 19.1. The molecule has 1 amide bonds. The minimum absolute atomic E-state index is 0.257. The van der Waals surface area contributed by atoms with E-state index < -0.39 is 29.8 Å². The number of piperidine rings is 1. The lowest BCUT2D eigenvalue weighted by Gasteiger charge is -2.41. The molecule has 2 unspecified atom stereocenters. The van der Waals surface area contributed by atoms with Crippen LogP contribution in [-0.2, 0) is 11.2 Å². The van der Waals surface area contributed by atoms with Crippen molar-refractivity contribution >= 4 is 6.09 Å². The van der Waals surface area contributed by atoms with Gasteiger partial charge < -0.3 is 14.4 Å². The van der Waals surface area contributed by atoms with Crippen LogP contribution in [0.15, 0.2) is 42.5 Å². The van der Waals surface area contributed by atoms with Gasteiger partial charge >= 0.3 is 6.09 Å². The molecule has 2 fully saturated rings. The van der Waals surface area contributed by atoms with E-state index in [0.29, 0.717) is 25.9 Å². The van der Waals surface area contributed by atoms with Crippen LogP contribution >= 0.6 is 0 Å². The fourth-order valence-corrected chi connectivity index (χ4v) is 4.46. The highest BCUT2D eigenvalue weighted by Gasteiger charge is 2.57. The van der Waals surface area contributed by atoms with E-state index in [0.717, 1.165) is 16.5 Å². The summed E-state index contributed by atoms with van der Waals surface area (Å²) in [6, 6.07) is 9.04. The number of rotatable bonds is 5. The normalized spacial score (nSPS) is 21.9. The summed E-state index contributed by atoms with van der Waals surface area (Å²) in [5.74, 6) is -0.923. The number of nitrogens with zero attached hydrogens (tertiary/aromatic N) is 2. The van der Waals surface area contributed by atoms with Crippen LogP contribution in [0.4, 0.5) is 18.0 Å². The summed E-state index contributed by atoms with van der Waals surface area (Å²) in [7, 11) is 3.36. The third kappa shape index (κ3) is 4.08. The molecule has 166 valence electrons. The maximum Gasteiger partial charge on any atom is 0.413 e. The first-order valence-corrected chi connectivity index (χ1v) is 10.2. The molecule has 0 aromatic heterocycles. The molecule has 2 aromatic carbocycles. The highest BCUT2D eigenvalue weighted by molar-refractivity contribution is 5.72. The van der Waals surface area contributed by atoms with Crippen molar-refractivity contribution in [3.8, 4) is 5.75 Å². The van der Waals surface area contributed by atoms with E-state index in [1.807, 2.05) is 7.05 Å². The first kappa shape index (κ1) is 21.5. The number of carbonyl (C=O) groups excluding carboxylic acids is 1. The van der Waals surface area contributed by atoms with Crippen molar-refractivity contribution in [1.82, 2.24) is 9.80 Å². The molecule has 0 radical (unpaired) electrons. The van der Waals surface area contributed by atoms with E-state index in [1.165, 1.54) is 31.4 Å². The Kier molecular flexibility index (Phi) is 5.83. The van der Waals surface area contributed by atoms with Crippen molar-refractivity contribution in [3.05, 3.63) is 65.2 Å². The maximum absolute atomic E-state index is 15.7. The van der Waals surface area contributed by atoms with E-state index >= 15 is 4.39 Å². The van der Waals surface area contributed by atoms with Crippen LogP contribution in [-0.4, -0.2) is 54.8 Å². The summed E-state index contributed by atoms with van der Waals surface area (Å²) >= 11 is 0. The zero-order chi connectivity index (χ0) is 22.2. The number of methoxy groups -OCH3 is 1. The van der Waals surface area contributed by atoms with Gasteiger partial charge in [0.05, 0.1) is 13.2 Å². The summed E-state index contributed by atoms with van der Waals surface area (Å²) in [6.07, 6.45) is -1.49. The Hall–Kier alpha value is -2.74. The summed E-state index contributed by atoms with van der Waals surface area (Å²) in [5, 5.41) is 0. The molecule has 0 N–H and O–H groups in total. The Morgan fingerprint density at radius 2 is 1.84 bits per heavy atom. The van der Waals surface area contributed by atoms with Gasteiger partial charge in [-0.1, -0.05) is 12.1 Å². The molecule has 1 spiro atoms. The lowest BCUT2D eigenvalue weighted by atomic mass is 9.81. The molecular weight excluding hydrogens is 409 g/mol. The number of benzene rings is 2. The van der Waals surface area contributed by atoms with Gasteiger partial charge in [-0.2, -0.15) is 0 Å². The second-order valence-electron chi connectivity index (χ2n) is 8.21. The van der Waals surface area contributed by atoms with Gasteiger partial charge in [-0.3, -0.25) is 4.90 Å². The molecule has 2 saturated heterocycles. The van der Waals surface area contributed by atoms with Crippen LogP contribution < -0.4 is 4.74 Å². The Balaban J connectivity index is 1.70. The number of carbonyl (C=O) groups is 1. The SMILES string of the molecule is COc1ccc(C(F)N2C(=O)OC3(CCN(C)CC3)C2Cc2ccc(F)cc2)c(F)c1. The second kappa shape index (κ2) is 8.42. The zero-order valence-corrected chi connectivity index (χ0v) is 17.5. The van der Waals surface area contributed by atoms with Crippen molar-refractivity contribution in [1.29, 1.82) is 0 Å². The quantitative estimate of drug-likeness (QED) is 0.652. The number of halogens is 3. The highest BCUT2D eigenvalue weighted by Crippen LogP contribution is 2.44. The Labute approximate surface area is 179 Å². The molecule has 2 aliphatic heterocycles. The topological polar surface area (TPSA) is 42.0 Å². The molecule has 8 heteroatoms. The number of hydrogen-bond donors (Lipinski definition) is 0. The third-order valence-electron chi connectivity index (χ3n) is 6.33. The van der Waals surface area contributed by atoms with Crippen molar-refractivity contribution in [3.63, 3.8) is 0 Å². The molecule has 0 aliphatic carbocycles. The van der Waals surface area contributed by atoms with Gasteiger partial charge in [0.15, 0.2) is 0 Å². The monoisotopic (exact) mass is 434 g/mol. The van der Waals surface area contributed by atoms with E-state index in [2.05, 4.69) is 4.90 Å². The summed E-state index contributed by atoms with van der Waals surface area (Å²) in [6.45, 7) is 1.38. The van der Waals surface area contributed by atoms with Gasteiger partial charge in [0.2, 0.25) is 6.30 Å². The number of alkyl halides is 1. The van der Waals surface area contributed by atoms with Gasteiger partial charge in [0, 0.05) is 37.6 Å². The fraction of sp³-hybridized carbons (Fsp3) is 0.435. The molecule has 2 heterocycles. The molecule has 2 atom stereocenters. The smallest absolute Gasteiger partial charge is 0.413 e. The van der Waals surface area contributed by atoms with Crippen LogP contribution in [0.25, 0.3) is 0 Å². The predicted octanol–water partition coefficient (Wildman–Crippen LogP) is 4.47. The molecular formula is C23H25F3N2O3. The van der Waals surface area contributed by atoms with E-state index in [4.69, 9.17) is 9.47 Å². The minimum Gasteiger partial charge on any atom is -0.497 e. The van der Waals surface area contributed by atoms with E-state index in [1.54, 1.807) is 12.1 Å². The molecule has 0 saturated carbocycles. The summed E-state index contributed by atoms with van der Waals surface area (Å²) in [5.41, 5.74) is -0.395. The van der Waals surface area contributed by atoms with Crippen LogP contribution in [0.1, 0.15) is 30.3 Å². The molecule has 0 bridgehead atoms. The minimum atomic E-state index is -2.03. The van der Waals surface area contributed by atoms with Crippen molar-refractivity contribution in [2.45, 2.75) is 37.2 Å². The van der Waals surface area contributed by atoms with E-state index in [9.17, 15) is 13.6 Å². The molecule has 2 aromatic rings. The van der Waals surface area contributed by atoms with Crippen molar-refractivity contribution in [2.75, 3.05) is 27.2 Å². The number of hydrogen-bond acceptors (Lipinski definition) is 4. The largest absolute Gasteiger partial charge is 0.497 e. The van der Waals surface area contributed by atoms with Crippen molar-refractivity contribution in [2.24, 2.45) is 0 Å². The number of ether oxygens (including phenoxy) is 2. The summed E-state index contributed by atoms with van der Waals surface area (Å²) in [4.78, 5) is 16.0. The van der Waals surface area contributed by atoms with Crippen LogP contribution in [0.3, 0.4) is 0 Å². The van der Waals surface area contributed by atoms with Gasteiger partial charge in [0.1, 0.15) is 23.0 Å². The summed E-state index contributed by atoms with van der Waals surface area (Å²) < 4.78 is 54.4. The second-order valence-corrected chi connectivity index (χ2v) is 8.21. The van der Waals surface area contributed by atoms with Crippen LogP contribution in [0, 0.1) is 11.6 Å². The predicted molar refractivity (Wildman–Crippen MR) is 108 cm³/mol. The lowest BCUT2D eigenvalue weighted by Crippen LogP contribution is -2.53. The Morgan fingerprint density at radius 3 is 2.45 bits per heavy atom. The van der Waals surface area contributed by atoms with Gasteiger partial charge in [-0.25, -0.2) is 18.0 Å². The van der Waals surface area contributed by atoms with Crippen molar-refractivity contribution < 1.29 is 27.4 Å². The Bertz CT molecular complexity index is 946. The lowest BCUT2D eigenvalue weighted by molar-refractivity contribution is -0.0211.